The molecule has 0 radical (unpaired) electrons. The summed E-state index contributed by atoms with van der Waals surface area (Å²) in [6.07, 6.45) is 3.71. The lowest BCUT2D eigenvalue weighted by Gasteiger charge is -2.14. The van der Waals surface area contributed by atoms with Crippen LogP contribution in [-0.2, 0) is 38.1 Å². The first-order valence-electron chi connectivity index (χ1n) is 17.8. The Balaban J connectivity index is 1.46. The zero-order valence-electron chi connectivity index (χ0n) is 32.7. The van der Waals surface area contributed by atoms with Crippen LogP contribution in [0.1, 0.15) is 26.3 Å². The molecule has 0 aliphatic carbocycles. The highest BCUT2D eigenvalue weighted by atomic mass is 32.1. The maximum atomic E-state index is 13.7. The van der Waals surface area contributed by atoms with Crippen molar-refractivity contribution in [2.75, 3.05) is 27.2 Å². The van der Waals surface area contributed by atoms with E-state index in [4.69, 9.17) is 52.4 Å². The van der Waals surface area contributed by atoms with E-state index in [1.807, 2.05) is 6.07 Å². The molecule has 63 heavy (non-hydrogen) atoms. The molecule has 0 N–H and O–H groups in total. The van der Waals surface area contributed by atoms with Gasteiger partial charge < -0.3 is 47.4 Å². The van der Waals surface area contributed by atoms with Crippen LogP contribution in [-0.4, -0.2) is 68.0 Å². The normalized spacial score (nSPS) is 10.1. The van der Waals surface area contributed by atoms with Crippen molar-refractivity contribution in [3.05, 3.63) is 140 Å². The van der Waals surface area contributed by atoms with Gasteiger partial charge in [-0.3, -0.25) is 0 Å². The number of nitrogens with zero attached hydrogens (tertiary/aromatic N) is 2. The molecule has 0 aliphatic rings. The van der Waals surface area contributed by atoms with Crippen molar-refractivity contribution in [3.63, 3.8) is 0 Å². The van der Waals surface area contributed by atoms with Gasteiger partial charge in [0.1, 0.15) is 15.2 Å². The first-order valence-corrected chi connectivity index (χ1v) is 18.6. The fraction of sp³-hybridized carbons (Fsp3) is 0.0909. The largest absolute Gasteiger partial charge is 0.453 e. The smallest absolute Gasteiger partial charge is 0.343 e. The van der Waals surface area contributed by atoms with E-state index in [9.17, 15) is 34.0 Å². The number of carbonyl (C=O) groups excluding carboxylic acids is 6. The lowest BCUT2D eigenvalue weighted by Crippen LogP contribution is -2.13. The molecule has 5 aromatic rings. The van der Waals surface area contributed by atoms with Crippen LogP contribution in [0.25, 0.3) is 20.8 Å². The number of aromatic nitrogens is 1. The third-order valence-corrected chi connectivity index (χ3v) is 8.94. The number of esters is 6. The molecular weight excluding hydrogens is 845 g/mol. The molecule has 1 heterocycles. The van der Waals surface area contributed by atoms with Crippen molar-refractivity contribution < 1.29 is 76.1 Å². The maximum Gasteiger partial charge on any atom is 0.343 e. The summed E-state index contributed by atoms with van der Waals surface area (Å²) in [4.78, 5) is 78.2. The van der Waals surface area contributed by atoms with Crippen molar-refractivity contribution in [2.45, 2.75) is 0 Å². The molecule has 0 fully saturated rings. The maximum absolute atomic E-state index is 13.7. The van der Waals surface area contributed by atoms with Gasteiger partial charge in [0, 0.05) is 29.9 Å². The van der Waals surface area contributed by atoms with Crippen LogP contribution in [0.15, 0.2) is 123 Å². The fourth-order valence-corrected chi connectivity index (χ4v) is 5.86. The number of hydrogen-bond donors (Lipinski definition) is 0. The highest BCUT2D eigenvalue weighted by Gasteiger charge is 2.23. The number of carbonyl (C=O) groups is 6. The molecule has 0 spiro atoms. The van der Waals surface area contributed by atoms with Gasteiger partial charge in [0.2, 0.25) is 27.2 Å². The minimum absolute atomic E-state index is 0.00387. The number of nitriles is 1. The second-order valence-electron chi connectivity index (χ2n) is 11.8. The number of fused-ring (bicyclic) bond motifs is 1. The van der Waals surface area contributed by atoms with E-state index < -0.39 is 63.0 Å². The van der Waals surface area contributed by atoms with Crippen LogP contribution in [0.3, 0.4) is 0 Å². The Hall–Kier alpha value is -8.76. The summed E-state index contributed by atoms with van der Waals surface area (Å²) in [6, 6.07) is 19.1. The van der Waals surface area contributed by atoms with Crippen LogP contribution < -0.4 is 28.4 Å². The Labute approximate surface area is 361 Å². The first-order chi connectivity index (χ1) is 30.5. The molecular formula is C44H32N2O16S. The first kappa shape index (κ1) is 45.3. The number of ether oxygens (including phenoxy) is 10. The van der Waals surface area contributed by atoms with Crippen LogP contribution >= 0.6 is 11.3 Å². The van der Waals surface area contributed by atoms with E-state index in [-0.39, 0.29) is 55.8 Å². The zero-order valence-corrected chi connectivity index (χ0v) is 33.5. The number of hydrogen-bond acceptors (Lipinski definition) is 19. The fourth-order valence-electron chi connectivity index (χ4n) is 4.83. The zero-order chi connectivity index (χ0) is 45.3. The third-order valence-electron chi connectivity index (χ3n) is 7.82. The predicted octanol–water partition coefficient (Wildman–Crippen LogP) is 6.54. The van der Waals surface area contributed by atoms with E-state index in [1.54, 1.807) is 24.3 Å². The molecule has 5 rings (SSSR count). The highest BCUT2D eigenvalue weighted by Crippen LogP contribution is 2.41. The minimum Gasteiger partial charge on any atom is -0.453 e. The van der Waals surface area contributed by atoms with Gasteiger partial charge in [-0.1, -0.05) is 38.4 Å². The summed E-state index contributed by atoms with van der Waals surface area (Å²) in [5, 5.41) is 9.72. The Bertz CT molecular complexity index is 2490. The van der Waals surface area contributed by atoms with Crippen molar-refractivity contribution in [1.29, 1.82) is 5.26 Å². The average Bonchev–Trinajstić information content (AvgIpc) is 3.76. The van der Waals surface area contributed by atoms with Crippen LogP contribution in [0.5, 0.6) is 34.5 Å². The van der Waals surface area contributed by atoms with Crippen molar-refractivity contribution in [1.82, 2.24) is 4.98 Å². The quantitative estimate of drug-likeness (QED) is 0.0250. The lowest BCUT2D eigenvalue weighted by atomic mass is 10.1. The molecule has 1 aromatic heterocycles. The van der Waals surface area contributed by atoms with E-state index in [0.717, 1.165) is 35.6 Å². The van der Waals surface area contributed by atoms with Gasteiger partial charge in [-0.25, -0.2) is 33.8 Å². The van der Waals surface area contributed by atoms with Crippen molar-refractivity contribution in [3.8, 4) is 51.1 Å². The molecule has 320 valence electrons. The molecule has 0 unspecified atom stereocenters. The molecule has 18 nitrogen and oxygen atoms in total. The predicted molar refractivity (Wildman–Crippen MR) is 220 cm³/mol. The van der Waals surface area contributed by atoms with E-state index in [0.29, 0.717) is 16.1 Å². The summed E-state index contributed by atoms with van der Waals surface area (Å²) in [6.45, 7) is 10.9. The second-order valence-corrected chi connectivity index (χ2v) is 12.8. The Morgan fingerprint density at radius 1 is 0.540 bits per heavy atom. The van der Waals surface area contributed by atoms with Gasteiger partial charge >= 0.3 is 35.8 Å². The van der Waals surface area contributed by atoms with Crippen LogP contribution in [0.4, 0.5) is 0 Å². The number of rotatable bonds is 21. The lowest BCUT2D eigenvalue weighted by molar-refractivity contribution is -0.146. The Morgan fingerprint density at radius 2 is 0.937 bits per heavy atom. The van der Waals surface area contributed by atoms with E-state index in [2.05, 4.69) is 26.3 Å². The molecule has 19 heteroatoms. The topological polar surface area (TPSA) is 231 Å². The van der Waals surface area contributed by atoms with Crippen LogP contribution in [0, 0.1) is 11.3 Å². The Morgan fingerprint density at radius 3 is 1.37 bits per heavy atom. The summed E-state index contributed by atoms with van der Waals surface area (Å²) in [5.74, 6) is -5.10. The third kappa shape index (κ3) is 12.4. The second kappa shape index (κ2) is 22.0. The molecule has 0 saturated heterocycles. The Kier molecular flexibility index (Phi) is 15.8. The van der Waals surface area contributed by atoms with Gasteiger partial charge in [-0.2, -0.15) is 5.26 Å². The molecule has 0 amide bonds. The van der Waals surface area contributed by atoms with E-state index >= 15 is 0 Å². The van der Waals surface area contributed by atoms with Gasteiger partial charge in [0.05, 0.1) is 22.8 Å². The minimum atomic E-state index is -0.903. The molecule has 4 aromatic carbocycles. The monoisotopic (exact) mass is 876 g/mol. The molecule has 0 bridgehead atoms. The number of benzene rings is 4. The molecule has 0 aliphatic heterocycles. The van der Waals surface area contributed by atoms with Gasteiger partial charge in [-0.05, 0) is 60.7 Å². The summed E-state index contributed by atoms with van der Waals surface area (Å²) < 4.78 is 53.3. The summed E-state index contributed by atoms with van der Waals surface area (Å²) >= 11 is 1.09. The van der Waals surface area contributed by atoms with Gasteiger partial charge in [0.15, 0.2) is 34.5 Å². The van der Waals surface area contributed by atoms with Gasteiger partial charge in [-0.15, -0.1) is 11.3 Å². The average molecular weight is 877 g/mol. The highest BCUT2D eigenvalue weighted by molar-refractivity contribution is 7.22. The van der Waals surface area contributed by atoms with E-state index in [1.165, 1.54) is 48.5 Å². The summed E-state index contributed by atoms with van der Waals surface area (Å²) in [5.41, 5.74) is 0.980. The van der Waals surface area contributed by atoms with Crippen LogP contribution in [0.2, 0.25) is 0 Å². The SMILES string of the molecule is C=CC(=O)OCOc1ccc(C(=O)Oc2ccc(OC(=O)c3ccc(OCOC(=O)C=C)c(OCOC(=O)C=C)c3)c3sc(-c4ccc(C#N)cc4)nc23)cc1OCOC(=O)C=C. The summed E-state index contributed by atoms with van der Waals surface area (Å²) in [7, 11) is 0. The standard InChI is InChI=1S/C44H32N2O16S/c1-5-36(47)57-22-53-30-15-13-28(19-34(30)55-24-59-38(49)7-3)43(51)61-32-17-18-33(41-40(32)46-42(63-41)27-11-9-26(21-45)10-12-27)62-44(52)29-14-16-31(54-23-58-37(48)6-2)35(20-29)56-25-60-39(50)8-4/h5-20H,1-4,22-25H2. The number of thiazole rings is 1. The molecule has 0 atom stereocenters. The molecule has 0 saturated carbocycles. The van der Waals surface area contributed by atoms with Gasteiger partial charge in [0.25, 0.3) is 0 Å². The van der Waals surface area contributed by atoms with Crippen molar-refractivity contribution >= 4 is 57.4 Å². The van der Waals surface area contributed by atoms with Crippen molar-refractivity contribution in [2.24, 2.45) is 0 Å².